The van der Waals surface area contributed by atoms with E-state index in [9.17, 15) is 23.1 Å². The Morgan fingerprint density at radius 1 is 1.13 bits per heavy atom. The number of aliphatic hydroxyl groups is 1. The predicted octanol–water partition coefficient (Wildman–Crippen LogP) is 5.18. The largest absolute Gasteiger partial charge is 0.396 e. The molecular formula is C23H29F3N2O3. The summed E-state index contributed by atoms with van der Waals surface area (Å²) >= 11 is 0. The molecule has 1 atom stereocenters. The summed E-state index contributed by atoms with van der Waals surface area (Å²) in [6.45, 7) is 1.33. The second-order valence-electron chi connectivity index (χ2n) is 8.37. The van der Waals surface area contributed by atoms with Crippen molar-refractivity contribution >= 4 is 5.91 Å². The lowest BCUT2D eigenvalue weighted by Gasteiger charge is -2.37. The molecule has 2 fully saturated rings. The van der Waals surface area contributed by atoms with Crippen LogP contribution in [0.1, 0.15) is 67.3 Å². The van der Waals surface area contributed by atoms with Crippen LogP contribution in [0.3, 0.4) is 0 Å². The maximum Gasteiger partial charge on any atom is 0.395 e. The highest BCUT2D eigenvalue weighted by Gasteiger charge is 2.40. The number of nitrogens with zero attached hydrogens (tertiary/aromatic N) is 2. The number of alkyl halides is 3. The minimum Gasteiger partial charge on any atom is -0.396 e. The summed E-state index contributed by atoms with van der Waals surface area (Å²) < 4.78 is 42.9. The van der Waals surface area contributed by atoms with E-state index in [4.69, 9.17) is 0 Å². The molecule has 1 aromatic heterocycles. The molecule has 8 heteroatoms. The zero-order chi connectivity index (χ0) is 22.4. The van der Waals surface area contributed by atoms with Crippen molar-refractivity contribution in [3.63, 3.8) is 0 Å². The van der Waals surface area contributed by atoms with Gasteiger partial charge >= 0.3 is 6.18 Å². The van der Waals surface area contributed by atoms with Crippen LogP contribution in [-0.2, 0) is 0 Å². The molecule has 0 spiro atoms. The van der Waals surface area contributed by atoms with Gasteiger partial charge in [0.25, 0.3) is 5.91 Å². The summed E-state index contributed by atoms with van der Waals surface area (Å²) in [5.74, 6) is -1.29. The Balaban J connectivity index is 0.000000478. The van der Waals surface area contributed by atoms with E-state index in [1.807, 2.05) is 4.90 Å². The molecule has 2 saturated carbocycles. The highest BCUT2D eigenvalue weighted by atomic mass is 19.4. The molecule has 0 bridgehead atoms. The monoisotopic (exact) mass is 438 g/mol. The van der Waals surface area contributed by atoms with Gasteiger partial charge in [-0.1, -0.05) is 17.3 Å². The van der Waals surface area contributed by atoms with Crippen LogP contribution >= 0.6 is 0 Å². The van der Waals surface area contributed by atoms with E-state index in [2.05, 4.69) is 9.68 Å². The van der Waals surface area contributed by atoms with Crippen LogP contribution in [0.2, 0.25) is 0 Å². The Morgan fingerprint density at radius 2 is 1.71 bits per heavy atom. The summed E-state index contributed by atoms with van der Waals surface area (Å²) in [4.78, 5) is 15.0. The smallest absolute Gasteiger partial charge is 0.395 e. The van der Waals surface area contributed by atoms with E-state index >= 15 is 0 Å². The number of halogens is 3. The first-order valence-corrected chi connectivity index (χ1v) is 10.8. The van der Waals surface area contributed by atoms with Crippen molar-refractivity contribution in [1.29, 1.82) is 0 Å². The van der Waals surface area contributed by atoms with Crippen molar-refractivity contribution in [2.75, 3.05) is 6.61 Å². The van der Waals surface area contributed by atoms with Crippen molar-refractivity contribution in [3.05, 3.63) is 53.9 Å². The Kier molecular flexibility index (Phi) is 7.75. The molecule has 1 unspecified atom stereocenters. The van der Waals surface area contributed by atoms with Crippen LogP contribution in [0.15, 0.2) is 47.3 Å². The van der Waals surface area contributed by atoms with Gasteiger partial charge in [-0.3, -0.25) is 4.79 Å². The third-order valence-electron chi connectivity index (χ3n) is 6.14. The first-order valence-electron chi connectivity index (χ1n) is 10.8. The first-order chi connectivity index (χ1) is 14.8. The summed E-state index contributed by atoms with van der Waals surface area (Å²) in [5.41, 5.74) is 0.634. The van der Waals surface area contributed by atoms with Gasteiger partial charge in [-0.25, -0.2) is 0 Å². The van der Waals surface area contributed by atoms with Gasteiger partial charge < -0.3 is 14.5 Å². The molecule has 0 aliphatic heterocycles. The molecule has 1 heterocycles. The zero-order valence-electron chi connectivity index (χ0n) is 17.6. The number of benzene rings is 1. The van der Waals surface area contributed by atoms with Crippen LogP contribution in [0.5, 0.6) is 0 Å². The predicted molar refractivity (Wildman–Crippen MR) is 109 cm³/mol. The second-order valence-corrected chi connectivity index (χ2v) is 8.37. The average Bonchev–Trinajstić information content (AvgIpc) is 3.40. The molecule has 170 valence electrons. The van der Waals surface area contributed by atoms with E-state index < -0.39 is 12.1 Å². The van der Waals surface area contributed by atoms with Gasteiger partial charge in [-0.15, -0.1) is 0 Å². The van der Waals surface area contributed by atoms with E-state index in [1.165, 1.54) is 30.5 Å². The zero-order valence-corrected chi connectivity index (χ0v) is 17.6. The molecule has 31 heavy (non-hydrogen) atoms. The lowest BCUT2D eigenvalue weighted by molar-refractivity contribution is -0.146. The summed E-state index contributed by atoms with van der Waals surface area (Å²) in [6.07, 6.45) is 4.41. The minimum atomic E-state index is -4.28. The fraction of sp³-hybridized carbons (Fsp3) is 0.565. The number of rotatable bonds is 5. The number of aromatic nitrogens is 1. The Bertz CT molecular complexity index is 779. The Morgan fingerprint density at radius 3 is 2.10 bits per heavy atom. The minimum absolute atomic E-state index is 0.0776. The lowest BCUT2D eigenvalue weighted by atomic mass is 9.85. The molecule has 2 aliphatic rings. The Labute approximate surface area is 180 Å². The molecule has 1 aromatic carbocycles. The van der Waals surface area contributed by atoms with Crippen molar-refractivity contribution in [1.82, 2.24) is 10.1 Å². The SMILES string of the molecule is CC(c1ccc(C(=O)N(C2CCC(CO)CC2)C2CC2)cc1)C(F)(F)F.c1cnoc1. The molecule has 4 rings (SSSR count). The van der Waals surface area contributed by atoms with E-state index in [0.29, 0.717) is 11.5 Å². The van der Waals surface area contributed by atoms with E-state index in [1.54, 1.807) is 12.3 Å². The number of aliphatic hydroxyl groups excluding tert-OH is 1. The highest BCUT2D eigenvalue weighted by Crippen LogP contribution is 2.37. The number of carbonyl (C=O) groups is 1. The van der Waals surface area contributed by atoms with Crippen LogP contribution in [0, 0.1) is 5.92 Å². The third kappa shape index (κ3) is 6.32. The van der Waals surface area contributed by atoms with Gasteiger partial charge in [0.2, 0.25) is 0 Å². The fourth-order valence-corrected chi connectivity index (χ4v) is 4.02. The maximum atomic E-state index is 13.0. The quantitative estimate of drug-likeness (QED) is 0.698. The van der Waals surface area contributed by atoms with Gasteiger partial charge in [-0.05, 0) is 75.1 Å². The Hall–Kier alpha value is -2.35. The molecule has 0 radical (unpaired) electrons. The summed E-state index contributed by atoms with van der Waals surface area (Å²) in [7, 11) is 0. The number of hydrogen-bond donors (Lipinski definition) is 1. The van der Waals surface area contributed by atoms with Gasteiger partial charge in [-0.2, -0.15) is 13.2 Å². The van der Waals surface area contributed by atoms with Crippen LogP contribution in [0.4, 0.5) is 13.2 Å². The normalized spacial score (nSPS) is 22.2. The van der Waals surface area contributed by atoms with Crippen molar-refractivity contribution in [2.45, 2.75) is 69.6 Å². The topological polar surface area (TPSA) is 66.6 Å². The van der Waals surface area contributed by atoms with Crippen LogP contribution < -0.4 is 0 Å². The van der Waals surface area contributed by atoms with E-state index in [-0.39, 0.29) is 30.2 Å². The molecule has 5 nitrogen and oxygen atoms in total. The molecular weight excluding hydrogens is 409 g/mol. The van der Waals surface area contributed by atoms with Crippen LogP contribution in [0.25, 0.3) is 0 Å². The molecule has 2 aromatic rings. The highest BCUT2D eigenvalue weighted by molar-refractivity contribution is 5.95. The molecule has 0 saturated heterocycles. The summed E-state index contributed by atoms with van der Waals surface area (Å²) in [5, 5.41) is 12.6. The number of hydrogen-bond acceptors (Lipinski definition) is 4. The molecule has 2 aliphatic carbocycles. The number of amides is 1. The van der Waals surface area contributed by atoms with Gasteiger partial charge in [0.1, 0.15) is 6.26 Å². The first kappa shape index (κ1) is 23.3. The second kappa shape index (κ2) is 10.3. The average molecular weight is 438 g/mol. The van der Waals surface area contributed by atoms with Crippen molar-refractivity contribution < 1.29 is 27.6 Å². The fourth-order valence-electron chi connectivity index (χ4n) is 4.02. The van der Waals surface area contributed by atoms with Gasteiger partial charge in [0.05, 0.1) is 12.1 Å². The number of carbonyl (C=O) groups excluding carboxylic acids is 1. The van der Waals surface area contributed by atoms with Crippen molar-refractivity contribution in [3.8, 4) is 0 Å². The van der Waals surface area contributed by atoms with Crippen molar-refractivity contribution in [2.24, 2.45) is 5.92 Å². The lowest BCUT2D eigenvalue weighted by Crippen LogP contribution is -2.44. The standard InChI is InChI=1S/C20H26F3NO2.C3H3NO/c1-13(20(21,22)23)15-4-6-16(7-5-15)19(26)24(18-10-11-18)17-8-2-14(12-25)3-9-17;1-2-4-5-3-1/h4-7,13-14,17-18,25H,2-3,8-12H2,1H3;1-3H. The maximum absolute atomic E-state index is 13.0. The molecule has 1 N–H and O–H groups in total. The van der Waals surface area contributed by atoms with Gasteiger partial charge in [0, 0.05) is 24.3 Å². The molecule has 1 amide bonds. The van der Waals surface area contributed by atoms with E-state index in [0.717, 1.165) is 45.4 Å². The third-order valence-corrected chi connectivity index (χ3v) is 6.14. The van der Waals surface area contributed by atoms with Gasteiger partial charge in [0.15, 0.2) is 0 Å². The van der Waals surface area contributed by atoms with Crippen LogP contribution in [-0.4, -0.2) is 45.9 Å². The summed E-state index contributed by atoms with van der Waals surface area (Å²) in [6, 6.07) is 8.03.